The van der Waals surface area contributed by atoms with Crippen molar-refractivity contribution in [3.8, 4) is 22.8 Å². The first kappa shape index (κ1) is 24.6. The van der Waals surface area contributed by atoms with Gasteiger partial charge in [-0.25, -0.2) is 9.97 Å². The first-order valence-corrected chi connectivity index (χ1v) is 11.8. The maximum Gasteiger partial charge on any atom is 0.261 e. The molecule has 7 heteroatoms. The molecule has 0 N–H and O–H groups in total. The fourth-order valence-electron chi connectivity index (χ4n) is 3.81. The fraction of sp³-hybridized carbons (Fsp3) is 0.286. The van der Waals surface area contributed by atoms with Crippen molar-refractivity contribution in [3.05, 3.63) is 98.4 Å². The summed E-state index contributed by atoms with van der Waals surface area (Å²) in [5, 5.41) is 0.372. The van der Waals surface area contributed by atoms with E-state index >= 15 is 0 Å². The van der Waals surface area contributed by atoms with Crippen molar-refractivity contribution < 1.29 is 4.74 Å². The first-order chi connectivity index (χ1) is 16.5. The van der Waals surface area contributed by atoms with Crippen LogP contribution in [0.15, 0.2) is 59.7 Å². The van der Waals surface area contributed by atoms with Crippen molar-refractivity contribution >= 4 is 11.6 Å². The van der Waals surface area contributed by atoms with E-state index in [1.807, 2.05) is 38.1 Å². The second-order valence-corrected chi connectivity index (χ2v) is 10.1. The van der Waals surface area contributed by atoms with Gasteiger partial charge in [-0.3, -0.25) is 14.3 Å². The number of benzene rings is 1. The molecule has 0 fully saturated rings. The van der Waals surface area contributed by atoms with Gasteiger partial charge in [0.25, 0.3) is 5.56 Å². The maximum absolute atomic E-state index is 13.4. The predicted molar refractivity (Wildman–Crippen MR) is 140 cm³/mol. The zero-order valence-corrected chi connectivity index (χ0v) is 21.6. The van der Waals surface area contributed by atoms with E-state index in [-0.39, 0.29) is 11.0 Å². The quantitative estimate of drug-likeness (QED) is 0.337. The van der Waals surface area contributed by atoms with E-state index in [1.165, 1.54) is 0 Å². The van der Waals surface area contributed by atoms with E-state index in [1.54, 1.807) is 36.0 Å². The minimum atomic E-state index is -0.204. The van der Waals surface area contributed by atoms with E-state index < -0.39 is 0 Å². The third kappa shape index (κ3) is 5.28. The molecule has 180 valence electrons. The number of hydrogen-bond donors (Lipinski definition) is 0. The van der Waals surface area contributed by atoms with E-state index in [4.69, 9.17) is 21.3 Å². The third-order valence-electron chi connectivity index (χ3n) is 5.73. The number of pyridine rings is 2. The van der Waals surface area contributed by atoms with Gasteiger partial charge in [0.2, 0.25) is 0 Å². The molecule has 1 aromatic carbocycles. The molecule has 0 saturated carbocycles. The lowest BCUT2D eigenvalue weighted by Gasteiger charge is -2.18. The summed E-state index contributed by atoms with van der Waals surface area (Å²) < 4.78 is 7.61. The zero-order chi connectivity index (χ0) is 25.3. The van der Waals surface area contributed by atoms with Gasteiger partial charge >= 0.3 is 0 Å². The van der Waals surface area contributed by atoms with Crippen LogP contribution in [0.25, 0.3) is 17.1 Å². The minimum Gasteiger partial charge on any atom is -0.488 e. The van der Waals surface area contributed by atoms with Crippen molar-refractivity contribution in [2.24, 2.45) is 0 Å². The predicted octanol–water partition coefficient (Wildman–Crippen LogP) is 6.14. The molecule has 0 radical (unpaired) electrons. The van der Waals surface area contributed by atoms with E-state index in [9.17, 15) is 4.79 Å². The monoisotopic (exact) mass is 488 g/mol. The maximum atomic E-state index is 13.4. The highest BCUT2D eigenvalue weighted by Crippen LogP contribution is 2.28. The molecular formula is C28H29ClN4O2. The Hall–Kier alpha value is -3.51. The molecule has 0 aliphatic heterocycles. The molecule has 0 bridgehead atoms. The summed E-state index contributed by atoms with van der Waals surface area (Å²) in [5.41, 5.74) is 4.86. The molecule has 6 nitrogen and oxygen atoms in total. The van der Waals surface area contributed by atoms with Gasteiger partial charge in [-0.1, -0.05) is 62.2 Å². The summed E-state index contributed by atoms with van der Waals surface area (Å²) in [7, 11) is 0. The van der Waals surface area contributed by atoms with Crippen molar-refractivity contribution in [1.82, 2.24) is 19.5 Å². The van der Waals surface area contributed by atoms with Gasteiger partial charge in [-0.15, -0.1) is 0 Å². The van der Waals surface area contributed by atoms with Crippen LogP contribution >= 0.6 is 11.6 Å². The SMILES string of the molecule is Cc1cccc(COc2cc(C)n(-c3cc(-c4ccnc(C(C)(C)C)n4)ncc3Cl)c(=O)c2C)c1. The normalized spacial score (nSPS) is 11.5. The van der Waals surface area contributed by atoms with Crippen LogP contribution in [-0.2, 0) is 12.0 Å². The number of aryl methyl sites for hydroxylation is 2. The molecule has 4 aromatic rings. The molecule has 4 rings (SSSR count). The molecule has 3 heterocycles. The standard InChI is InChI=1S/C28H29ClN4O2/c1-17-8-7-9-20(12-17)16-35-25-13-18(2)33(26(34)19(25)3)24-14-23(31-15-21(24)29)22-10-11-30-27(32-22)28(4,5)6/h7-15H,16H2,1-6H3. The highest BCUT2D eigenvalue weighted by Gasteiger charge is 2.19. The van der Waals surface area contributed by atoms with Crippen LogP contribution in [0, 0.1) is 20.8 Å². The molecule has 3 aromatic heterocycles. The Labute approximate surface area is 210 Å². The number of hydrogen-bond acceptors (Lipinski definition) is 5. The molecule has 35 heavy (non-hydrogen) atoms. The summed E-state index contributed by atoms with van der Waals surface area (Å²) in [4.78, 5) is 27.0. The van der Waals surface area contributed by atoms with Crippen LogP contribution in [0.2, 0.25) is 5.02 Å². The van der Waals surface area contributed by atoms with Crippen molar-refractivity contribution in [1.29, 1.82) is 0 Å². The smallest absolute Gasteiger partial charge is 0.261 e. The summed E-state index contributed by atoms with van der Waals surface area (Å²) in [6.45, 7) is 12.2. The molecule has 0 saturated heterocycles. The van der Waals surface area contributed by atoms with Gasteiger partial charge in [0.1, 0.15) is 18.2 Å². The summed E-state index contributed by atoms with van der Waals surface area (Å²) in [6, 6.07) is 13.6. The van der Waals surface area contributed by atoms with Crippen molar-refractivity contribution in [2.75, 3.05) is 0 Å². The number of aromatic nitrogens is 4. The number of halogens is 1. The molecular weight excluding hydrogens is 460 g/mol. The molecule has 0 aliphatic carbocycles. The Morgan fingerprint density at radius 1 is 1.00 bits per heavy atom. The van der Waals surface area contributed by atoms with Crippen LogP contribution in [0.5, 0.6) is 5.75 Å². The summed E-state index contributed by atoms with van der Waals surface area (Å²) >= 11 is 6.53. The lowest BCUT2D eigenvalue weighted by Crippen LogP contribution is -2.24. The highest BCUT2D eigenvalue weighted by atomic mass is 35.5. The second kappa shape index (κ2) is 9.62. The van der Waals surface area contributed by atoms with Gasteiger partial charge in [-0.2, -0.15) is 0 Å². The molecule has 0 unspecified atom stereocenters. The van der Waals surface area contributed by atoms with Crippen LogP contribution < -0.4 is 10.3 Å². The molecule has 0 amide bonds. The topological polar surface area (TPSA) is 69.9 Å². The van der Waals surface area contributed by atoms with Gasteiger partial charge in [0, 0.05) is 29.6 Å². The summed E-state index contributed by atoms with van der Waals surface area (Å²) in [5.74, 6) is 1.27. The zero-order valence-electron chi connectivity index (χ0n) is 20.9. The summed E-state index contributed by atoms with van der Waals surface area (Å²) in [6.07, 6.45) is 3.27. The average molecular weight is 489 g/mol. The van der Waals surface area contributed by atoms with E-state index in [0.717, 1.165) is 11.1 Å². The molecule has 0 aliphatic rings. The number of nitrogens with zero attached hydrogens (tertiary/aromatic N) is 4. The van der Waals surface area contributed by atoms with Crippen molar-refractivity contribution in [2.45, 2.75) is 53.6 Å². The van der Waals surface area contributed by atoms with Crippen LogP contribution in [-0.4, -0.2) is 19.5 Å². The van der Waals surface area contributed by atoms with Crippen molar-refractivity contribution in [3.63, 3.8) is 0 Å². The molecule has 0 spiro atoms. The van der Waals surface area contributed by atoms with Gasteiger partial charge in [0.15, 0.2) is 0 Å². The number of ether oxygens (including phenoxy) is 1. The van der Waals surface area contributed by atoms with Gasteiger partial charge < -0.3 is 4.74 Å². The highest BCUT2D eigenvalue weighted by molar-refractivity contribution is 6.32. The largest absolute Gasteiger partial charge is 0.488 e. The fourth-order valence-corrected chi connectivity index (χ4v) is 4.00. The second-order valence-electron chi connectivity index (χ2n) is 9.73. The van der Waals surface area contributed by atoms with Gasteiger partial charge in [0.05, 0.1) is 27.7 Å². The Morgan fingerprint density at radius 3 is 2.49 bits per heavy atom. The third-order valence-corrected chi connectivity index (χ3v) is 6.02. The lowest BCUT2D eigenvalue weighted by atomic mass is 9.95. The average Bonchev–Trinajstić information content (AvgIpc) is 2.81. The van der Waals surface area contributed by atoms with Crippen LogP contribution in [0.1, 0.15) is 49.0 Å². The Balaban J connectivity index is 1.72. The first-order valence-electron chi connectivity index (χ1n) is 11.5. The van der Waals surface area contributed by atoms with E-state index in [0.29, 0.717) is 51.5 Å². The van der Waals surface area contributed by atoms with E-state index in [2.05, 4.69) is 36.8 Å². The Bertz CT molecular complexity index is 1450. The lowest BCUT2D eigenvalue weighted by molar-refractivity contribution is 0.302. The van der Waals surface area contributed by atoms with Crippen LogP contribution in [0.3, 0.4) is 0 Å². The van der Waals surface area contributed by atoms with Gasteiger partial charge in [-0.05, 0) is 38.5 Å². The Morgan fingerprint density at radius 2 is 1.77 bits per heavy atom. The Kier molecular flexibility index (Phi) is 6.77. The van der Waals surface area contributed by atoms with Crippen LogP contribution in [0.4, 0.5) is 0 Å². The molecule has 0 atom stereocenters. The number of rotatable bonds is 5. The minimum absolute atomic E-state index is 0.193.